The largest absolute Gasteiger partial charge is 0.481 e. The lowest BCUT2D eigenvalue weighted by atomic mass is 9.88. The van der Waals surface area contributed by atoms with E-state index in [1.165, 1.54) is 12.5 Å². The summed E-state index contributed by atoms with van der Waals surface area (Å²) in [5.74, 6) is -0.244. The van der Waals surface area contributed by atoms with Crippen LogP contribution in [0.3, 0.4) is 0 Å². The van der Waals surface area contributed by atoms with Crippen molar-refractivity contribution in [1.29, 1.82) is 0 Å². The summed E-state index contributed by atoms with van der Waals surface area (Å²) >= 11 is 0. The van der Waals surface area contributed by atoms with Crippen LogP contribution >= 0.6 is 0 Å². The average molecular weight is 267 g/mol. The molecule has 0 saturated heterocycles. The Morgan fingerprint density at radius 2 is 2.16 bits per heavy atom. The van der Waals surface area contributed by atoms with Gasteiger partial charge in [-0.3, -0.25) is 9.59 Å². The Hall–Kier alpha value is -1.85. The number of H-pyrrole nitrogens is 1. The second-order valence-corrected chi connectivity index (χ2v) is 4.95. The summed E-state index contributed by atoms with van der Waals surface area (Å²) in [4.78, 5) is 28.7. The summed E-state index contributed by atoms with van der Waals surface area (Å²) < 4.78 is 0. The summed E-state index contributed by atoms with van der Waals surface area (Å²) in [6.07, 6.45) is 4.54. The minimum atomic E-state index is -0.771. The second kappa shape index (κ2) is 7.56. The number of nitrogens with one attached hydrogen (secondary N) is 2. The van der Waals surface area contributed by atoms with Gasteiger partial charge < -0.3 is 15.4 Å². The predicted octanol–water partition coefficient (Wildman–Crippen LogP) is 1.67. The molecule has 0 saturated carbocycles. The van der Waals surface area contributed by atoms with Crippen LogP contribution in [0.15, 0.2) is 12.5 Å². The van der Waals surface area contributed by atoms with Crippen molar-refractivity contribution in [3.8, 4) is 0 Å². The number of carboxylic acids is 1. The number of carboxylic acid groups (broad SMARTS) is 1. The fourth-order valence-corrected chi connectivity index (χ4v) is 1.97. The minimum absolute atomic E-state index is 0.178. The first-order chi connectivity index (χ1) is 9.00. The smallest absolute Gasteiger partial charge is 0.303 e. The number of hydrogen-bond donors (Lipinski definition) is 3. The van der Waals surface area contributed by atoms with Crippen LogP contribution in [0.2, 0.25) is 0 Å². The van der Waals surface area contributed by atoms with Gasteiger partial charge >= 0.3 is 5.97 Å². The van der Waals surface area contributed by atoms with Crippen LogP contribution in [0.1, 0.15) is 43.6 Å². The number of amides is 1. The van der Waals surface area contributed by atoms with E-state index < -0.39 is 5.97 Å². The monoisotopic (exact) mass is 267 g/mol. The lowest BCUT2D eigenvalue weighted by Gasteiger charge is -2.20. The molecule has 3 N–H and O–H groups in total. The fourth-order valence-electron chi connectivity index (χ4n) is 1.97. The maximum atomic E-state index is 11.6. The minimum Gasteiger partial charge on any atom is -0.481 e. The molecule has 1 amide bonds. The van der Waals surface area contributed by atoms with Gasteiger partial charge in [-0.25, -0.2) is 4.98 Å². The molecule has 0 radical (unpaired) electrons. The summed E-state index contributed by atoms with van der Waals surface area (Å²) in [5.41, 5.74) is 0.437. The molecule has 0 spiro atoms. The van der Waals surface area contributed by atoms with E-state index in [2.05, 4.69) is 29.1 Å². The molecule has 19 heavy (non-hydrogen) atoms. The van der Waals surface area contributed by atoms with Crippen LogP contribution < -0.4 is 5.32 Å². The van der Waals surface area contributed by atoms with Crippen LogP contribution in [-0.2, 0) is 4.79 Å². The number of carbonyl (C=O) groups excluding carboxylic acids is 1. The van der Waals surface area contributed by atoms with E-state index in [1.54, 1.807) is 0 Å². The number of hydrogen-bond acceptors (Lipinski definition) is 3. The molecular weight excluding hydrogens is 246 g/mol. The predicted molar refractivity (Wildman–Crippen MR) is 70.7 cm³/mol. The molecule has 0 bridgehead atoms. The molecule has 1 unspecified atom stereocenters. The SMILES string of the molecule is CC(C)C(CCNC(=O)c1cnc[nH]1)CCC(=O)O. The molecule has 1 heterocycles. The number of nitrogens with zero attached hydrogens (tertiary/aromatic N) is 1. The van der Waals surface area contributed by atoms with Gasteiger partial charge in [-0.2, -0.15) is 0 Å². The first-order valence-corrected chi connectivity index (χ1v) is 6.49. The molecule has 1 atom stereocenters. The van der Waals surface area contributed by atoms with Crippen LogP contribution in [-0.4, -0.2) is 33.5 Å². The van der Waals surface area contributed by atoms with Gasteiger partial charge in [0.2, 0.25) is 0 Å². The lowest BCUT2D eigenvalue weighted by molar-refractivity contribution is -0.137. The fraction of sp³-hybridized carbons (Fsp3) is 0.615. The molecule has 6 nitrogen and oxygen atoms in total. The molecule has 0 fully saturated rings. The third-order valence-electron chi connectivity index (χ3n) is 3.22. The van der Waals surface area contributed by atoms with E-state index >= 15 is 0 Å². The van der Waals surface area contributed by atoms with Gasteiger partial charge in [-0.15, -0.1) is 0 Å². The summed E-state index contributed by atoms with van der Waals surface area (Å²) in [6.45, 7) is 4.69. The number of aromatic amines is 1. The maximum absolute atomic E-state index is 11.6. The van der Waals surface area contributed by atoms with Gasteiger partial charge in [-0.1, -0.05) is 13.8 Å². The Kier molecular flexibility index (Phi) is 6.05. The van der Waals surface area contributed by atoms with Crippen molar-refractivity contribution < 1.29 is 14.7 Å². The molecule has 0 aliphatic carbocycles. The quantitative estimate of drug-likeness (QED) is 0.667. The highest BCUT2D eigenvalue weighted by atomic mass is 16.4. The number of aromatic nitrogens is 2. The zero-order valence-corrected chi connectivity index (χ0v) is 11.3. The maximum Gasteiger partial charge on any atom is 0.303 e. The third-order valence-corrected chi connectivity index (χ3v) is 3.22. The highest BCUT2D eigenvalue weighted by Crippen LogP contribution is 2.20. The van der Waals surface area contributed by atoms with Crippen molar-refractivity contribution in [2.45, 2.75) is 33.1 Å². The van der Waals surface area contributed by atoms with E-state index in [0.717, 1.165) is 6.42 Å². The summed E-state index contributed by atoms with van der Waals surface area (Å²) in [7, 11) is 0. The van der Waals surface area contributed by atoms with Crippen molar-refractivity contribution in [3.05, 3.63) is 18.2 Å². The zero-order chi connectivity index (χ0) is 14.3. The molecule has 106 valence electrons. The van der Waals surface area contributed by atoms with Gasteiger partial charge in [0.25, 0.3) is 5.91 Å². The second-order valence-electron chi connectivity index (χ2n) is 4.95. The highest BCUT2D eigenvalue weighted by Gasteiger charge is 2.15. The highest BCUT2D eigenvalue weighted by molar-refractivity contribution is 5.91. The number of aliphatic carboxylic acids is 1. The standard InChI is InChI=1S/C13H21N3O3/c1-9(2)10(3-4-12(17)18)5-6-15-13(19)11-7-14-8-16-11/h7-10H,3-6H2,1-2H3,(H,14,16)(H,15,19)(H,17,18). The first-order valence-electron chi connectivity index (χ1n) is 6.49. The van der Waals surface area contributed by atoms with Gasteiger partial charge in [0.15, 0.2) is 0 Å². The van der Waals surface area contributed by atoms with Crippen molar-refractivity contribution in [2.75, 3.05) is 6.54 Å². The Morgan fingerprint density at radius 1 is 1.42 bits per heavy atom. The number of imidazole rings is 1. The van der Waals surface area contributed by atoms with Crippen LogP contribution in [0, 0.1) is 11.8 Å². The molecular formula is C13H21N3O3. The van der Waals surface area contributed by atoms with Gasteiger partial charge in [-0.05, 0) is 24.7 Å². The first kappa shape index (κ1) is 15.2. The normalized spacial score (nSPS) is 12.4. The van der Waals surface area contributed by atoms with Crippen LogP contribution in [0.5, 0.6) is 0 Å². The molecule has 0 aliphatic heterocycles. The summed E-state index contributed by atoms with van der Waals surface area (Å²) in [6, 6.07) is 0. The molecule has 0 aromatic carbocycles. The van der Waals surface area contributed by atoms with Crippen LogP contribution in [0.4, 0.5) is 0 Å². The van der Waals surface area contributed by atoms with E-state index in [4.69, 9.17) is 5.11 Å². The number of rotatable bonds is 8. The van der Waals surface area contributed by atoms with Gasteiger partial charge in [0.1, 0.15) is 5.69 Å². The van der Waals surface area contributed by atoms with Gasteiger partial charge in [0.05, 0.1) is 12.5 Å². The molecule has 1 aromatic heterocycles. The van der Waals surface area contributed by atoms with Crippen LogP contribution in [0.25, 0.3) is 0 Å². The van der Waals surface area contributed by atoms with Crippen molar-refractivity contribution in [3.63, 3.8) is 0 Å². The zero-order valence-electron chi connectivity index (χ0n) is 11.3. The van der Waals surface area contributed by atoms with E-state index in [1.807, 2.05) is 0 Å². The Morgan fingerprint density at radius 3 is 2.68 bits per heavy atom. The molecule has 1 aromatic rings. The number of carbonyl (C=O) groups is 2. The Bertz CT molecular complexity index is 401. The lowest BCUT2D eigenvalue weighted by Crippen LogP contribution is -2.27. The third kappa shape index (κ3) is 5.54. The summed E-state index contributed by atoms with van der Waals surface area (Å²) in [5, 5.41) is 11.5. The van der Waals surface area contributed by atoms with E-state index in [0.29, 0.717) is 30.5 Å². The van der Waals surface area contributed by atoms with E-state index in [9.17, 15) is 9.59 Å². The molecule has 6 heteroatoms. The van der Waals surface area contributed by atoms with E-state index in [-0.39, 0.29) is 12.3 Å². The Balaban J connectivity index is 2.32. The topological polar surface area (TPSA) is 95.1 Å². The van der Waals surface area contributed by atoms with Crippen molar-refractivity contribution >= 4 is 11.9 Å². The van der Waals surface area contributed by atoms with Crippen molar-refractivity contribution in [2.24, 2.45) is 11.8 Å². The molecule has 1 rings (SSSR count). The molecule has 0 aliphatic rings. The van der Waals surface area contributed by atoms with Crippen molar-refractivity contribution in [1.82, 2.24) is 15.3 Å². The average Bonchev–Trinajstić information content (AvgIpc) is 2.86. The Labute approximate surface area is 112 Å². The van der Waals surface area contributed by atoms with Gasteiger partial charge in [0, 0.05) is 13.0 Å².